The lowest BCUT2D eigenvalue weighted by atomic mass is 10.2. The number of nitrogens with zero attached hydrogens (tertiary/aromatic N) is 5. The predicted octanol–water partition coefficient (Wildman–Crippen LogP) is 5.45. The molecule has 0 radical (unpaired) electrons. The zero-order valence-corrected chi connectivity index (χ0v) is 17.4. The van der Waals surface area contributed by atoms with Crippen molar-refractivity contribution in [3.63, 3.8) is 0 Å². The highest BCUT2D eigenvalue weighted by atomic mass is 19.4. The van der Waals surface area contributed by atoms with Gasteiger partial charge in [0.1, 0.15) is 0 Å². The number of anilines is 3. The average molecular weight is 449 g/mol. The summed E-state index contributed by atoms with van der Waals surface area (Å²) in [6, 6.07) is 13.9. The monoisotopic (exact) mass is 449 g/mol. The molecule has 0 atom stereocenters. The van der Waals surface area contributed by atoms with Gasteiger partial charge in [-0.15, -0.1) is 0 Å². The number of aryl methyl sites for hydroxylation is 1. The molecule has 2 N–H and O–H groups in total. The smallest absolute Gasteiger partial charge is 0.354 e. The van der Waals surface area contributed by atoms with Crippen LogP contribution in [0.4, 0.5) is 30.5 Å². The molecule has 0 amide bonds. The molecule has 7 nitrogen and oxygen atoms in total. The van der Waals surface area contributed by atoms with Crippen molar-refractivity contribution in [2.24, 2.45) is 5.10 Å². The van der Waals surface area contributed by atoms with Crippen molar-refractivity contribution in [3.8, 4) is 11.3 Å². The van der Waals surface area contributed by atoms with Crippen LogP contribution in [0.3, 0.4) is 0 Å². The Balaban J connectivity index is 1.41. The molecule has 3 aromatic heterocycles. The maximum atomic E-state index is 12.9. The Morgan fingerprint density at radius 1 is 0.939 bits per heavy atom. The van der Waals surface area contributed by atoms with Crippen molar-refractivity contribution in [1.82, 2.24) is 19.9 Å². The second-order valence-electron chi connectivity index (χ2n) is 7.01. The van der Waals surface area contributed by atoms with Gasteiger partial charge in [0.25, 0.3) is 0 Å². The Bertz CT molecular complexity index is 1260. The summed E-state index contributed by atoms with van der Waals surface area (Å²) >= 11 is 0. The normalized spacial score (nSPS) is 11.5. The van der Waals surface area contributed by atoms with Crippen LogP contribution in [0.5, 0.6) is 0 Å². The molecule has 4 aromatic rings. The van der Waals surface area contributed by atoms with Gasteiger partial charge in [-0.05, 0) is 55.5 Å². The fraction of sp³-hybridized carbons (Fsp3) is 0.0870. The molecule has 0 saturated heterocycles. The number of halogens is 3. The van der Waals surface area contributed by atoms with Gasteiger partial charge in [0.15, 0.2) is 0 Å². The average Bonchev–Trinajstić information content (AvgIpc) is 2.80. The molecule has 1 aromatic carbocycles. The number of hydrogen-bond donors (Lipinski definition) is 2. The van der Waals surface area contributed by atoms with Gasteiger partial charge in [-0.2, -0.15) is 18.3 Å². The van der Waals surface area contributed by atoms with Crippen molar-refractivity contribution in [1.29, 1.82) is 0 Å². The fourth-order valence-corrected chi connectivity index (χ4v) is 2.93. The number of aromatic nitrogens is 4. The third-order valence-corrected chi connectivity index (χ3v) is 4.44. The first kappa shape index (κ1) is 21.9. The van der Waals surface area contributed by atoms with Crippen molar-refractivity contribution >= 4 is 23.5 Å². The summed E-state index contributed by atoms with van der Waals surface area (Å²) < 4.78 is 38.6. The highest BCUT2D eigenvalue weighted by molar-refractivity contribution is 5.78. The van der Waals surface area contributed by atoms with E-state index >= 15 is 0 Å². The lowest BCUT2D eigenvalue weighted by Gasteiger charge is -2.10. The van der Waals surface area contributed by atoms with Crippen LogP contribution in [0.25, 0.3) is 11.3 Å². The molecule has 3 heterocycles. The number of pyridine rings is 2. The maximum Gasteiger partial charge on any atom is 0.416 e. The van der Waals surface area contributed by atoms with E-state index in [0.29, 0.717) is 23.0 Å². The molecule has 0 fully saturated rings. The van der Waals surface area contributed by atoms with E-state index < -0.39 is 11.7 Å². The number of nitrogens with one attached hydrogen (secondary N) is 2. The molecule has 0 aliphatic rings. The first-order chi connectivity index (χ1) is 15.9. The number of hydrazone groups is 1. The molecule has 0 spiro atoms. The van der Waals surface area contributed by atoms with Crippen LogP contribution in [-0.2, 0) is 6.18 Å². The van der Waals surface area contributed by atoms with E-state index in [1.165, 1.54) is 18.5 Å². The van der Waals surface area contributed by atoms with Crippen molar-refractivity contribution in [2.75, 3.05) is 10.7 Å². The van der Waals surface area contributed by atoms with Crippen LogP contribution in [0.15, 0.2) is 78.3 Å². The highest BCUT2D eigenvalue weighted by Gasteiger charge is 2.30. The quantitative estimate of drug-likeness (QED) is 0.301. The topological polar surface area (TPSA) is 88.0 Å². The number of rotatable bonds is 6. The Kier molecular flexibility index (Phi) is 6.25. The summed E-state index contributed by atoms with van der Waals surface area (Å²) in [5.74, 6) is 0.327. The SMILES string of the molecule is Cc1cc(-c2cccnc2)nc(N/N=C/c2ccc(Nc3cccc(C(F)(F)F)c3)cn2)n1. The maximum absolute atomic E-state index is 12.9. The minimum Gasteiger partial charge on any atom is -0.354 e. The molecule has 4 rings (SSSR count). The van der Waals surface area contributed by atoms with E-state index in [0.717, 1.165) is 29.1 Å². The molecule has 0 aliphatic heterocycles. The fourth-order valence-electron chi connectivity index (χ4n) is 2.93. The lowest BCUT2D eigenvalue weighted by molar-refractivity contribution is -0.137. The van der Waals surface area contributed by atoms with Crippen LogP contribution < -0.4 is 10.7 Å². The molecule has 0 aliphatic carbocycles. The van der Waals surface area contributed by atoms with Gasteiger partial charge in [0, 0.05) is 29.3 Å². The molecular weight excluding hydrogens is 431 g/mol. The first-order valence-corrected chi connectivity index (χ1v) is 9.82. The molecule has 0 saturated carbocycles. The van der Waals surface area contributed by atoms with E-state index in [1.807, 2.05) is 25.1 Å². The van der Waals surface area contributed by atoms with E-state index in [-0.39, 0.29) is 0 Å². The molecule has 166 valence electrons. The summed E-state index contributed by atoms with van der Waals surface area (Å²) in [6.07, 6.45) is 2.00. The van der Waals surface area contributed by atoms with Crippen LogP contribution in [0.2, 0.25) is 0 Å². The molecule has 10 heteroatoms. The van der Waals surface area contributed by atoms with Crippen molar-refractivity contribution in [3.05, 3.63) is 90.1 Å². The van der Waals surface area contributed by atoms with Crippen molar-refractivity contribution < 1.29 is 13.2 Å². The van der Waals surface area contributed by atoms with Gasteiger partial charge in [0.2, 0.25) is 5.95 Å². The van der Waals surface area contributed by atoms with Crippen LogP contribution in [-0.4, -0.2) is 26.2 Å². The minimum atomic E-state index is -4.40. The van der Waals surface area contributed by atoms with Gasteiger partial charge in [-0.3, -0.25) is 9.97 Å². The molecule has 0 bridgehead atoms. The third-order valence-electron chi connectivity index (χ3n) is 4.44. The van der Waals surface area contributed by atoms with Gasteiger partial charge in [0.05, 0.1) is 35.1 Å². The van der Waals surface area contributed by atoms with Crippen LogP contribution >= 0.6 is 0 Å². The van der Waals surface area contributed by atoms with Crippen LogP contribution in [0.1, 0.15) is 17.0 Å². The number of hydrogen-bond acceptors (Lipinski definition) is 7. The lowest BCUT2D eigenvalue weighted by Crippen LogP contribution is -2.05. The third kappa shape index (κ3) is 5.88. The Hall–Kier alpha value is -4.34. The largest absolute Gasteiger partial charge is 0.416 e. The van der Waals surface area contributed by atoms with Crippen LogP contribution in [0, 0.1) is 6.92 Å². The second-order valence-corrected chi connectivity index (χ2v) is 7.01. The van der Waals surface area contributed by atoms with E-state index in [2.05, 4.69) is 35.8 Å². The van der Waals surface area contributed by atoms with Gasteiger partial charge in [-0.25, -0.2) is 15.4 Å². The summed E-state index contributed by atoms with van der Waals surface area (Å²) in [5, 5.41) is 7.02. The molecule has 33 heavy (non-hydrogen) atoms. The molecule has 0 unspecified atom stereocenters. The zero-order valence-electron chi connectivity index (χ0n) is 17.4. The highest BCUT2D eigenvalue weighted by Crippen LogP contribution is 2.31. The molecular formula is C23H18F3N7. The Morgan fingerprint density at radius 2 is 1.82 bits per heavy atom. The van der Waals surface area contributed by atoms with Gasteiger partial charge >= 0.3 is 6.18 Å². The predicted molar refractivity (Wildman–Crippen MR) is 120 cm³/mol. The van der Waals surface area contributed by atoms with Gasteiger partial charge in [-0.1, -0.05) is 6.07 Å². The summed E-state index contributed by atoms with van der Waals surface area (Å²) in [6.45, 7) is 1.86. The summed E-state index contributed by atoms with van der Waals surface area (Å²) in [5.41, 5.74) is 5.81. The second kappa shape index (κ2) is 9.43. The van der Waals surface area contributed by atoms with E-state index in [4.69, 9.17) is 0 Å². The van der Waals surface area contributed by atoms with E-state index in [1.54, 1.807) is 30.6 Å². The van der Waals surface area contributed by atoms with E-state index in [9.17, 15) is 13.2 Å². The standard InChI is InChI=1S/C23H18F3N7/c1-15-10-21(16-4-3-9-27-12-16)32-22(30-15)33-29-14-19-7-8-20(13-28-19)31-18-6-2-5-17(11-18)23(24,25)26/h2-14,31H,1H3,(H,30,32,33)/b29-14+. The Labute approximate surface area is 187 Å². The summed E-state index contributed by atoms with van der Waals surface area (Å²) in [7, 11) is 0. The first-order valence-electron chi connectivity index (χ1n) is 9.82. The van der Waals surface area contributed by atoms with Crippen molar-refractivity contribution in [2.45, 2.75) is 13.1 Å². The minimum absolute atomic E-state index is 0.315. The number of benzene rings is 1. The number of alkyl halides is 3. The summed E-state index contributed by atoms with van der Waals surface area (Å²) in [4.78, 5) is 17.1. The van der Waals surface area contributed by atoms with Gasteiger partial charge < -0.3 is 5.32 Å². The zero-order chi connectivity index (χ0) is 23.3. The Morgan fingerprint density at radius 3 is 2.55 bits per heavy atom.